The van der Waals surface area contributed by atoms with Gasteiger partial charge < -0.3 is 5.32 Å². The van der Waals surface area contributed by atoms with Gasteiger partial charge >= 0.3 is 0 Å². The van der Waals surface area contributed by atoms with Crippen LogP contribution >= 0.6 is 22.7 Å². The van der Waals surface area contributed by atoms with Crippen LogP contribution in [0.15, 0.2) is 29.0 Å². The molecule has 1 unspecified atom stereocenters. The predicted octanol–water partition coefficient (Wildman–Crippen LogP) is 5.00. The smallest absolute Gasteiger partial charge is 0.0351 e. The minimum Gasteiger partial charge on any atom is -0.309 e. The lowest BCUT2D eigenvalue weighted by Gasteiger charge is -2.28. The normalized spacial score (nSPS) is 13.8. The molecule has 0 fully saturated rings. The minimum atomic E-state index is 0.313. The molecule has 0 saturated carbocycles. The molecule has 0 spiro atoms. The van der Waals surface area contributed by atoms with Gasteiger partial charge in [-0.2, -0.15) is 0 Å². The predicted molar refractivity (Wildman–Crippen MR) is 83.4 cm³/mol. The topological polar surface area (TPSA) is 12.0 Å². The monoisotopic (exact) mass is 279 g/mol. The second-order valence-electron chi connectivity index (χ2n) is 5.75. The first-order chi connectivity index (χ1) is 8.47. The van der Waals surface area contributed by atoms with Crippen molar-refractivity contribution in [2.24, 2.45) is 5.41 Å². The quantitative estimate of drug-likeness (QED) is 0.830. The fourth-order valence-electron chi connectivity index (χ4n) is 1.61. The molecule has 2 aromatic heterocycles. The average molecular weight is 279 g/mol. The largest absolute Gasteiger partial charge is 0.309 e. The lowest BCUT2D eigenvalue weighted by Crippen LogP contribution is -2.36. The highest BCUT2D eigenvalue weighted by Gasteiger charge is 2.19. The lowest BCUT2D eigenvalue weighted by molar-refractivity contribution is 0.286. The maximum absolute atomic E-state index is 3.61. The van der Waals surface area contributed by atoms with Crippen molar-refractivity contribution in [3.05, 3.63) is 33.8 Å². The van der Waals surface area contributed by atoms with Crippen LogP contribution in [0.3, 0.4) is 0 Å². The number of hydrogen-bond donors (Lipinski definition) is 1. The number of nitrogens with one attached hydrogen (secondary N) is 1. The Kier molecular flexibility index (Phi) is 4.25. The summed E-state index contributed by atoms with van der Waals surface area (Å²) in [7, 11) is 0. The van der Waals surface area contributed by atoms with Gasteiger partial charge in [0.1, 0.15) is 0 Å². The van der Waals surface area contributed by atoms with Gasteiger partial charge in [0.15, 0.2) is 0 Å². The molecular weight excluding hydrogens is 258 g/mol. The third kappa shape index (κ3) is 3.44. The van der Waals surface area contributed by atoms with Crippen LogP contribution in [0.2, 0.25) is 0 Å². The maximum Gasteiger partial charge on any atom is 0.0351 e. The Hall–Kier alpha value is -0.640. The molecule has 3 heteroatoms. The Balaban J connectivity index is 1.96. The van der Waals surface area contributed by atoms with E-state index in [1.807, 2.05) is 11.3 Å². The fourth-order valence-corrected chi connectivity index (χ4v) is 3.23. The molecule has 0 aliphatic heterocycles. The van der Waals surface area contributed by atoms with E-state index in [9.17, 15) is 0 Å². The van der Waals surface area contributed by atoms with E-state index in [2.05, 4.69) is 62.0 Å². The number of thiophene rings is 2. The van der Waals surface area contributed by atoms with Crippen molar-refractivity contribution in [2.75, 3.05) is 0 Å². The molecule has 0 bridgehead atoms. The zero-order valence-electron chi connectivity index (χ0n) is 11.5. The Morgan fingerprint density at radius 1 is 1.28 bits per heavy atom. The molecule has 0 radical (unpaired) electrons. The molecule has 18 heavy (non-hydrogen) atoms. The molecule has 98 valence electrons. The van der Waals surface area contributed by atoms with Crippen molar-refractivity contribution in [1.29, 1.82) is 0 Å². The molecule has 0 saturated heterocycles. The highest BCUT2D eigenvalue weighted by atomic mass is 32.1. The summed E-state index contributed by atoms with van der Waals surface area (Å²) in [6, 6.07) is 7.11. The van der Waals surface area contributed by atoms with E-state index >= 15 is 0 Å². The second kappa shape index (κ2) is 5.55. The van der Waals surface area contributed by atoms with Crippen LogP contribution in [-0.2, 0) is 6.54 Å². The van der Waals surface area contributed by atoms with Gasteiger partial charge in [-0.15, -0.1) is 22.7 Å². The Morgan fingerprint density at radius 3 is 2.67 bits per heavy atom. The Labute approximate surface area is 118 Å². The first-order valence-corrected chi connectivity index (χ1v) is 8.07. The van der Waals surface area contributed by atoms with Gasteiger partial charge in [-0.05, 0) is 35.2 Å². The van der Waals surface area contributed by atoms with E-state index in [-0.39, 0.29) is 0 Å². The molecule has 1 atom stereocenters. The lowest BCUT2D eigenvalue weighted by atomic mass is 9.88. The van der Waals surface area contributed by atoms with Crippen LogP contribution in [0, 0.1) is 5.41 Å². The van der Waals surface area contributed by atoms with Gasteiger partial charge in [-0.25, -0.2) is 0 Å². The van der Waals surface area contributed by atoms with Gasteiger partial charge in [0, 0.05) is 27.9 Å². The first-order valence-electron chi connectivity index (χ1n) is 6.31. The molecule has 2 heterocycles. The van der Waals surface area contributed by atoms with E-state index in [4.69, 9.17) is 0 Å². The Bertz CT molecular complexity index is 477. The van der Waals surface area contributed by atoms with Gasteiger partial charge in [0.05, 0.1) is 0 Å². The van der Waals surface area contributed by atoms with E-state index in [1.54, 1.807) is 11.3 Å². The van der Waals surface area contributed by atoms with Crippen molar-refractivity contribution in [2.45, 2.75) is 40.3 Å². The number of rotatable bonds is 4. The maximum atomic E-state index is 3.61. The molecule has 0 aliphatic rings. The van der Waals surface area contributed by atoms with Crippen molar-refractivity contribution in [1.82, 2.24) is 5.32 Å². The second-order valence-corrected chi connectivity index (χ2v) is 7.69. The van der Waals surface area contributed by atoms with Crippen molar-refractivity contribution in [3.8, 4) is 10.4 Å². The SMILES string of the molecule is CC(NCc1cc(-c2cccs2)cs1)C(C)(C)C. The summed E-state index contributed by atoms with van der Waals surface area (Å²) >= 11 is 3.65. The van der Waals surface area contributed by atoms with Crippen LogP contribution in [0.4, 0.5) is 0 Å². The summed E-state index contributed by atoms with van der Waals surface area (Å²) in [5, 5.41) is 8.00. The van der Waals surface area contributed by atoms with Crippen LogP contribution in [0.1, 0.15) is 32.6 Å². The summed E-state index contributed by atoms with van der Waals surface area (Å²) in [6.07, 6.45) is 0. The zero-order valence-corrected chi connectivity index (χ0v) is 13.1. The third-order valence-corrected chi connectivity index (χ3v) is 5.20. The first kappa shape index (κ1) is 13.8. The fraction of sp³-hybridized carbons (Fsp3) is 0.467. The summed E-state index contributed by atoms with van der Waals surface area (Å²) in [4.78, 5) is 2.77. The summed E-state index contributed by atoms with van der Waals surface area (Å²) in [5.74, 6) is 0. The summed E-state index contributed by atoms with van der Waals surface area (Å²) in [5.41, 5.74) is 1.67. The van der Waals surface area contributed by atoms with Gasteiger partial charge in [0.25, 0.3) is 0 Å². The van der Waals surface area contributed by atoms with E-state index in [1.165, 1.54) is 15.3 Å². The van der Waals surface area contributed by atoms with Crippen molar-refractivity contribution in [3.63, 3.8) is 0 Å². The standard InChI is InChI=1S/C15H21NS2/c1-11(15(2,3)4)16-9-13-8-12(10-18-13)14-6-5-7-17-14/h5-8,10-11,16H,9H2,1-4H3. The third-order valence-electron chi connectivity index (χ3n) is 3.34. The van der Waals surface area contributed by atoms with Gasteiger partial charge in [0.2, 0.25) is 0 Å². The molecule has 1 N–H and O–H groups in total. The number of hydrogen-bond acceptors (Lipinski definition) is 3. The molecule has 0 aliphatic carbocycles. The zero-order chi connectivity index (χ0) is 13.2. The minimum absolute atomic E-state index is 0.313. The van der Waals surface area contributed by atoms with Gasteiger partial charge in [-0.3, -0.25) is 0 Å². The van der Waals surface area contributed by atoms with E-state index in [0.29, 0.717) is 11.5 Å². The van der Waals surface area contributed by atoms with Gasteiger partial charge in [-0.1, -0.05) is 26.8 Å². The summed E-state index contributed by atoms with van der Waals surface area (Å²) in [6.45, 7) is 10.0. The van der Waals surface area contributed by atoms with E-state index < -0.39 is 0 Å². The van der Waals surface area contributed by atoms with Crippen LogP contribution < -0.4 is 5.32 Å². The average Bonchev–Trinajstić information content (AvgIpc) is 2.94. The molecule has 0 amide bonds. The molecular formula is C15H21NS2. The van der Waals surface area contributed by atoms with Crippen molar-refractivity contribution < 1.29 is 0 Å². The molecule has 2 rings (SSSR count). The van der Waals surface area contributed by atoms with E-state index in [0.717, 1.165) is 6.54 Å². The molecule has 1 nitrogen and oxygen atoms in total. The molecule has 0 aromatic carbocycles. The van der Waals surface area contributed by atoms with Crippen LogP contribution in [0.25, 0.3) is 10.4 Å². The summed E-state index contributed by atoms with van der Waals surface area (Å²) < 4.78 is 0. The molecule has 2 aromatic rings. The van der Waals surface area contributed by atoms with Crippen LogP contribution in [0.5, 0.6) is 0 Å². The highest BCUT2D eigenvalue weighted by Crippen LogP contribution is 2.29. The Morgan fingerprint density at radius 2 is 2.06 bits per heavy atom. The van der Waals surface area contributed by atoms with Crippen molar-refractivity contribution >= 4 is 22.7 Å². The van der Waals surface area contributed by atoms with Crippen LogP contribution in [-0.4, -0.2) is 6.04 Å². The highest BCUT2D eigenvalue weighted by molar-refractivity contribution is 7.14.